The van der Waals surface area contributed by atoms with Crippen molar-refractivity contribution in [3.63, 3.8) is 0 Å². The molecule has 0 unspecified atom stereocenters. The first-order chi connectivity index (χ1) is 14.4. The molecule has 1 aliphatic rings. The number of hydrogen-bond donors (Lipinski definition) is 0. The van der Waals surface area contributed by atoms with Gasteiger partial charge in [-0.3, -0.25) is 14.9 Å². The van der Waals surface area contributed by atoms with E-state index >= 15 is 0 Å². The fourth-order valence-electron chi connectivity index (χ4n) is 3.07. The maximum absolute atomic E-state index is 12.9. The average Bonchev–Trinajstić information content (AvgIpc) is 2.73. The van der Waals surface area contributed by atoms with Crippen LogP contribution in [0.15, 0.2) is 47.4 Å². The molecule has 0 N–H and O–H groups in total. The predicted molar refractivity (Wildman–Crippen MR) is 104 cm³/mol. The van der Waals surface area contributed by atoms with Crippen molar-refractivity contribution < 1.29 is 31.3 Å². The highest BCUT2D eigenvalue weighted by Gasteiger charge is 2.35. The van der Waals surface area contributed by atoms with E-state index in [1.54, 1.807) is 0 Å². The maximum Gasteiger partial charge on any atom is 0.416 e. The van der Waals surface area contributed by atoms with Gasteiger partial charge in [-0.05, 0) is 24.3 Å². The molecular formula is C18H15ClF3N3O5S. The van der Waals surface area contributed by atoms with Gasteiger partial charge in [-0.25, -0.2) is 8.42 Å². The van der Waals surface area contributed by atoms with Crippen LogP contribution in [0, 0.1) is 10.1 Å². The molecule has 1 aliphatic heterocycles. The molecule has 8 nitrogen and oxygen atoms in total. The Morgan fingerprint density at radius 2 is 1.71 bits per heavy atom. The van der Waals surface area contributed by atoms with Crippen LogP contribution in [-0.2, 0) is 16.2 Å². The Bertz CT molecular complexity index is 1130. The molecule has 0 aromatic heterocycles. The molecule has 3 rings (SSSR count). The molecule has 13 heteroatoms. The Balaban J connectivity index is 1.76. The molecule has 1 amide bonds. The van der Waals surface area contributed by atoms with Crippen LogP contribution in [0.4, 0.5) is 18.9 Å². The van der Waals surface area contributed by atoms with Crippen molar-refractivity contribution in [1.29, 1.82) is 0 Å². The summed E-state index contributed by atoms with van der Waals surface area (Å²) in [5.41, 5.74) is -1.49. The van der Waals surface area contributed by atoms with Crippen molar-refractivity contribution in [2.75, 3.05) is 26.2 Å². The molecule has 0 aliphatic carbocycles. The van der Waals surface area contributed by atoms with Crippen molar-refractivity contribution in [3.8, 4) is 0 Å². The zero-order valence-corrected chi connectivity index (χ0v) is 17.2. The third-order valence-electron chi connectivity index (χ3n) is 4.72. The number of halogens is 4. The number of carbonyl (C=O) groups excluding carboxylic acids is 1. The number of nitro groups is 1. The van der Waals surface area contributed by atoms with Crippen LogP contribution >= 0.6 is 11.6 Å². The minimum Gasteiger partial charge on any atom is -0.336 e. The Labute approximate surface area is 180 Å². The molecule has 0 atom stereocenters. The van der Waals surface area contributed by atoms with Gasteiger partial charge in [-0.2, -0.15) is 17.5 Å². The minimum absolute atomic E-state index is 0.00890. The van der Waals surface area contributed by atoms with Gasteiger partial charge in [0.25, 0.3) is 11.6 Å². The zero-order valence-electron chi connectivity index (χ0n) is 15.7. The number of piperazine rings is 1. The topological polar surface area (TPSA) is 101 Å². The van der Waals surface area contributed by atoms with E-state index < -0.39 is 37.5 Å². The quantitative estimate of drug-likeness (QED) is 0.496. The molecule has 1 saturated heterocycles. The summed E-state index contributed by atoms with van der Waals surface area (Å²) in [5.74, 6) is -0.607. The highest BCUT2D eigenvalue weighted by atomic mass is 35.5. The maximum atomic E-state index is 12.9. The van der Waals surface area contributed by atoms with Gasteiger partial charge in [-0.15, -0.1) is 0 Å². The van der Waals surface area contributed by atoms with Gasteiger partial charge in [-0.1, -0.05) is 17.7 Å². The third-order valence-corrected chi connectivity index (χ3v) is 6.94. The lowest BCUT2D eigenvalue weighted by Crippen LogP contribution is -2.50. The molecule has 0 spiro atoms. The van der Waals surface area contributed by atoms with Crippen LogP contribution in [0.5, 0.6) is 0 Å². The molecule has 31 heavy (non-hydrogen) atoms. The number of rotatable bonds is 4. The van der Waals surface area contributed by atoms with Crippen LogP contribution in [0.3, 0.4) is 0 Å². The smallest absolute Gasteiger partial charge is 0.336 e. The summed E-state index contributed by atoms with van der Waals surface area (Å²) in [4.78, 5) is 23.7. The van der Waals surface area contributed by atoms with Gasteiger partial charge in [0.1, 0.15) is 0 Å². The van der Waals surface area contributed by atoms with Crippen LogP contribution in [0.25, 0.3) is 0 Å². The fraction of sp³-hybridized carbons (Fsp3) is 0.278. The molecule has 166 valence electrons. The number of non-ortho nitro benzene ring substituents is 1. The Morgan fingerprint density at radius 3 is 2.29 bits per heavy atom. The highest BCUT2D eigenvalue weighted by molar-refractivity contribution is 7.89. The number of amides is 1. The van der Waals surface area contributed by atoms with E-state index in [0.29, 0.717) is 6.07 Å². The largest absolute Gasteiger partial charge is 0.416 e. The van der Waals surface area contributed by atoms with Gasteiger partial charge < -0.3 is 4.90 Å². The van der Waals surface area contributed by atoms with Crippen LogP contribution in [-0.4, -0.2) is 54.6 Å². The van der Waals surface area contributed by atoms with E-state index in [1.807, 2.05) is 0 Å². The van der Waals surface area contributed by atoms with Crippen molar-refractivity contribution >= 4 is 33.2 Å². The molecular weight excluding hydrogens is 463 g/mol. The molecule has 0 saturated carbocycles. The molecule has 0 bridgehead atoms. The van der Waals surface area contributed by atoms with Crippen LogP contribution in [0.1, 0.15) is 15.9 Å². The number of alkyl halides is 3. The number of hydrogen-bond acceptors (Lipinski definition) is 5. The SMILES string of the molecule is O=C(c1cc([N+](=O)[O-])ccc1Cl)N1CCN(S(=O)(=O)c2cccc(C(F)(F)F)c2)CC1. The van der Waals surface area contributed by atoms with Crippen LogP contribution < -0.4 is 0 Å². The minimum atomic E-state index is -4.69. The molecule has 2 aromatic rings. The second kappa shape index (κ2) is 8.44. The van der Waals surface area contributed by atoms with Gasteiger partial charge in [0.05, 0.1) is 26.0 Å². The molecule has 0 radical (unpaired) electrons. The zero-order chi connectivity index (χ0) is 23.0. The van der Waals surface area contributed by atoms with Crippen molar-refractivity contribution in [2.24, 2.45) is 0 Å². The van der Waals surface area contributed by atoms with E-state index in [-0.39, 0.29) is 42.5 Å². The number of carbonyl (C=O) groups is 1. The Hall–Kier alpha value is -2.70. The summed E-state index contributed by atoms with van der Waals surface area (Å²) in [6.07, 6.45) is -4.69. The summed E-state index contributed by atoms with van der Waals surface area (Å²) in [6.45, 7) is -0.431. The molecule has 2 aromatic carbocycles. The van der Waals surface area contributed by atoms with E-state index in [4.69, 9.17) is 11.6 Å². The van der Waals surface area contributed by atoms with E-state index in [9.17, 15) is 36.5 Å². The predicted octanol–water partition coefficient (Wildman–Crippen LogP) is 3.41. The normalized spacial score (nSPS) is 15.7. The fourth-order valence-corrected chi connectivity index (χ4v) is 4.74. The summed E-state index contributed by atoms with van der Waals surface area (Å²) in [7, 11) is -4.20. The number of nitrogens with zero attached hydrogens (tertiary/aromatic N) is 3. The summed E-state index contributed by atoms with van der Waals surface area (Å²) >= 11 is 5.98. The summed E-state index contributed by atoms with van der Waals surface area (Å²) < 4.78 is 65.2. The summed E-state index contributed by atoms with van der Waals surface area (Å²) in [6, 6.07) is 6.84. The second-order valence-corrected chi connectivity index (χ2v) is 8.99. The van der Waals surface area contributed by atoms with Gasteiger partial charge in [0.2, 0.25) is 10.0 Å². The number of nitro benzene ring substituents is 1. The average molecular weight is 478 g/mol. The summed E-state index contributed by atoms with van der Waals surface area (Å²) in [5, 5.41) is 10.9. The highest BCUT2D eigenvalue weighted by Crippen LogP contribution is 2.31. The standard InChI is InChI=1S/C18H15ClF3N3O5S/c19-16-5-4-13(25(27)28)11-15(16)17(26)23-6-8-24(9-7-23)31(29,30)14-3-1-2-12(10-14)18(20,21)22/h1-5,10-11H,6-9H2. The first-order valence-corrected chi connectivity index (χ1v) is 10.6. The number of benzene rings is 2. The molecule has 1 fully saturated rings. The van der Waals surface area contributed by atoms with Gasteiger partial charge >= 0.3 is 6.18 Å². The molecule has 1 heterocycles. The third kappa shape index (κ3) is 4.81. The van der Waals surface area contributed by atoms with Crippen LogP contribution in [0.2, 0.25) is 5.02 Å². The van der Waals surface area contributed by atoms with Gasteiger partial charge in [0.15, 0.2) is 0 Å². The lowest BCUT2D eigenvalue weighted by molar-refractivity contribution is -0.384. The first-order valence-electron chi connectivity index (χ1n) is 8.82. The van der Waals surface area contributed by atoms with E-state index in [0.717, 1.165) is 34.6 Å². The van der Waals surface area contributed by atoms with Crippen molar-refractivity contribution in [2.45, 2.75) is 11.1 Å². The van der Waals surface area contributed by atoms with E-state index in [2.05, 4.69) is 0 Å². The second-order valence-electron chi connectivity index (χ2n) is 6.64. The van der Waals surface area contributed by atoms with E-state index in [1.165, 1.54) is 11.0 Å². The van der Waals surface area contributed by atoms with Crippen molar-refractivity contribution in [1.82, 2.24) is 9.21 Å². The first kappa shape index (κ1) is 23.0. The number of sulfonamides is 1. The monoisotopic (exact) mass is 477 g/mol. The lowest BCUT2D eigenvalue weighted by Gasteiger charge is -2.34. The lowest BCUT2D eigenvalue weighted by atomic mass is 10.1. The Kier molecular flexibility index (Phi) is 6.25. The van der Waals surface area contributed by atoms with Crippen molar-refractivity contribution in [3.05, 3.63) is 68.7 Å². The Morgan fingerprint density at radius 1 is 1.06 bits per heavy atom. The van der Waals surface area contributed by atoms with Gasteiger partial charge in [0, 0.05) is 38.3 Å².